The molecule has 35 heavy (non-hydrogen) atoms. The van der Waals surface area contributed by atoms with E-state index in [1.165, 1.54) is 0 Å². The molecule has 1 aliphatic carbocycles. The number of benzene rings is 2. The Bertz CT molecular complexity index is 1340. The van der Waals surface area contributed by atoms with E-state index in [1.807, 2.05) is 55.5 Å². The van der Waals surface area contributed by atoms with Crippen LogP contribution >= 0.6 is 0 Å². The Balaban J connectivity index is 1.71. The van der Waals surface area contributed by atoms with Gasteiger partial charge in [-0.2, -0.15) is 0 Å². The van der Waals surface area contributed by atoms with Crippen molar-refractivity contribution in [2.75, 3.05) is 12.5 Å². The summed E-state index contributed by atoms with van der Waals surface area (Å²) in [6.07, 6.45) is 5.24. The van der Waals surface area contributed by atoms with Crippen LogP contribution in [0.1, 0.15) is 52.6 Å². The van der Waals surface area contributed by atoms with E-state index in [0.29, 0.717) is 17.2 Å². The SMILES string of the molecule is COc1cnc(/C(=C(\c2ccc(/C=C/C(=O)O)cc2)c2ccc3c(c2)C(F)NN3)C2CC2)c(C)c1. The number of hydrogen-bond acceptors (Lipinski definition) is 5. The first-order chi connectivity index (χ1) is 16.9. The highest BCUT2D eigenvalue weighted by Gasteiger charge is 2.33. The number of nitrogens with one attached hydrogen (secondary N) is 2. The summed E-state index contributed by atoms with van der Waals surface area (Å²) < 4.78 is 19.9. The fourth-order valence-electron chi connectivity index (χ4n) is 4.50. The summed E-state index contributed by atoms with van der Waals surface area (Å²) in [6, 6.07) is 15.5. The Labute approximate surface area is 203 Å². The van der Waals surface area contributed by atoms with E-state index in [0.717, 1.165) is 63.7 Å². The number of aliphatic carboxylic acids is 1. The van der Waals surface area contributed by atoms with E-state index in [9.17, 15) is 9.18 Å². The number of ether oxygens (including phenoxy) is 1. The molecule has 6 nitrogen and oxygen atoms in total. The Hall–Kier alpha value is -3.97. The lowest BCUT2D eigenvalue weighted by Gasteiger charge is -2.19. The lowest BCUT2D eigenvalue weighted by atomic mass is 9.86. The number of alkyl halides is 1. The van der Waals surface area contributed by atoms with Crippen LogP contribution in [-0.2, 0) is 4.79 Å². The maximum atomic E-state index is 14.5. The molecule has 1 saturated carbocycles. The molecule has 1 aromatic heterocycles. The minimum Gasteiger partial charge on any atom is -0.495 e. The van der Waals surface area contributed by atoms with Crippen molar-refractivity contribution in [2.45, 2.75) is 26.1 Å². The third-order valence-corrected chi connectivity index (χ3v) is 6.36. The molecular formula is C28H26FN3O3. The number of nitrogens with zero attached hydrogens (tertiary/aromatic N) is 1. The lowest BCUT2D eigenvalue weighted by Crippen LogP contribution is -2.14. The highest BCUT2D eigenvalue weighted by Crippen LogP contribution is 2.48. The average Bonchev–Trinajstić information content (AvgIpc) is 3.64. The molecule has 1 aliphatic heterocycles. The number of aromatic nitrogens is 1. The van der Waals surface area contributed by atoms with Crippen LogP contribution in [0.15, 0.2) is 60.8 Å². The van der Waals surface area contributed by atoms with Crippen molar-refractivity contribution >= 4 is 28.9 Å². The standard InChI is InChI=1S/C28H26FN3O3/c1-16-13-21(35-2)15-30-27(16)26(19-8-9-19)25(18-6-3-17(4-7-18)5-12-24(33)34)20-10-11-23-22(14-20)28(29)32-31-23/h3-7,10-15,19,28,31-32H,8-9H2,1-2H3,(H,33,34)/b12-5+,26-25+. The Morgan fingerprint density at radius 3 is 2.54 bits per heavy atom. The van der Waals surface area contributed by atoms with Crippen LogP contribution in [0.25, 0.3) is 17.2 Å². The fraction of sp³-hybridized carbons (Fsp3) is 0.214. The number of carbonyl (C=O) groups is 1. The van der Waals surface area contributed by atoms with Gasteiger partial charge in [0.2, 0.25) is 0 Å². The monoisotopic (exact) mass is 471 g/mol. The molecule has 178 valence electrons. The van der Waals surface area contributed by atoms with Gasteiger partial charge in [0.05, 0.1) is 24.7 Å². The van der Waals surface area contributed by atoms with E-state index in [4.69, 9.17) is 14.8 Å². The van der Waals surface area contributed by atoms with Gasteiger partial charge < -0.3 is 15.3 Å². The first-order valence-corrected chi connectivity index (χ1v) is 11.5. The number of halogens is 1. The van der Waals surface area contributed by atoms with Crippen molar-refractivity contribution in [2.24, 2.45) is 5.92 Å². The molecular weight excluding hydrogens is 445 g/mol. The number of aryl methyl sites for hydroxylation is 1. The Morgan fingerprint density at radius 1 is 1.14 bits per heavy atom. The summed E-state index contributed by atoms with van der Waals surface area (Å²) in [7, 11) is 1.62. The van der Waals surface area contributed by atoms with Gasteiger partial charge in [-0.25, -0.2) is 14.6 Å². The fourth-order valence-corrected chi connectivity index (χ4v) is 4.50. The van der Waals surface area contributed by atoms with Crippen molar-refractivity contribution in [3.8, 4) is 5.75 Å². The zero-order valence-corrected chi connectivity index (χ0v) is 19.5. The third kappa shape index (κ3) is 4.68. The van der Waals surface area contributed by atoms with Crippen LogP contribution < -0.4 is 15.6 Å². The number of rotatable bonds is 7. The van der Waals surface area contributed by atoms with Crippen LogP contribution in [0.4, 0.5) is 10.1 Å². The number of carboxylic acid groups (broad SMARTS) is 1. The van der Waals surface area contributed by atoms with Gasteiger partial charge in [0.15, 0.2) is 6.30 Å². The normalized spacial score (nSPS) is 17.6. The summed E-state index contributed by atoms with van der Waals surface area (Å²) in [4.78, 5) is 15.7. The first-order valence-electron chi connectivity index (χ1n) is 11.5. The molecule has 5 rings (SSSR count). The van der Waals surface area contributed by atoms with E-state index < -0.39 is 12.3 Å². The molecule has 2 aliphatic rings. The predicted molar refractivity (Wildman–Crippen MR) is 134 cm³/mol. The highest BCUT2D eigenvalue weighted by molar-refractivity contribution is 6.00. The van der Waals surface area contributed by atoms with Crippen LogP contribution in [0.5, 0.6) is 5.75 Å². The van der Waals surface area contributed by atoms with Gasteiger partial charge in [0.1, 0.15) is 5.75 Å². The zero-order valence-electron chi connectivity index (χ0n) is 19.5. The minimum atomic E-state index is -1.29. The minimum absolute atomic E-state index is 0.349. The van der Waals surface area contributed by atoms with Gasteiger partial charge >= 0.3 is 5.97 Å². The topological polar surface area (TPSA) is 83.5 Å². The second-order valence-electron chi connectivity index (χ2n) is 8.83. The molecule has 1 unspecified atom stereocenters. The highest BCUT2D eigenvalue weighted by atomic mass is 19.1. The van der Waals surface area contributed by atoms with E-state index in [-0.39, 0.29) is 0 Å². The Kier molecular flexibility index (Phi) is 6.09. The summed E-state index contributed by atoms with van der Waals surface area (Å²) in [5.41, 5.74) is 13.5. The lowest BCUT2D eigenvalue weighted by molar-refractivity contribution is -0.131. The van der Waals surface area contributed by atoms with Gasteiger partial charge in [-0.1, -0.05) is 30.3 Å². The van der Waals surface area contributed by atoms with Crippen molar-refractivity contribution in [3.63, 3.8) is 0 Å². The molecule has 0 radical (unpaired) electrons. The van der Waals surface area contributed by atoms with Gasteiger partial charge in [0, 0.05) is 11.6 Å². The smallest absolute Gasteiger partial charge is 0.328 e. The van der Waals surface area contributed by atoms with Crippen LogP contribution in [0.2, 0.25) is 0 Å². The molecule has 0 amide bonds. The molecule has 1 fully saturated rings. The van der Waals surface area contributed by atoms with Gasteiger partial charge in [-0.15, -0.1) is 0 Å². The maximum absolute atomic E-state index is 14.5. The molecule has 1 atom stereocenters. The zero-order chi connectivity index (χ0) is 24.5. The number of fused-ring (bicyclic) bond motifs is 1. The number of carboxylic acids is 1. The molecule has 2 aromatic carbocycles. The number of hydrogen-bond donors (Lipinski definition) is 3. The average molecular weight is 472 g/mol. The van der Waals surface area contributed by atoms with Crippen LogP contribution in [-0.4, -0.2) is 23.2 Å². The van der Waals surface area contributed by atoms with Crippen molar-refractivity contribution in [1.82, 2.24) is 10.4 Å². The summed E-state index contributed by atoms with van der Waals surface area (Å²) in [5, 5.41) is 8.94. The van der Waals surface area contributed by atoms with Gasteiger partial charge in [-0.3, -0.25) is 4.98 Å². The van der Waals surface area contributed by atoms with Crippen molar-refractivity contribution in [1.29, 1.82) is 0 Å². The summed E-state index contributed by atoms with van der Waals surface area (Å²) in [6.45, 7) is 2.03. The Morgan fingerprint density at radius 2 is 1.89 bits per heavy atom. The predicted octanol–water partition coefficient (Wildman–Crippen LogP) is 5.76. The van der Waals surface area contributed by atoms with Gasteiger partial charge in [0.25, 0.3) is 0 Å². The van der Waals surface area contributed by atoms with E-state index >= 15 is 0 Å². The molecule has 7 heteroatoms. The molecule has 3 N–H and O–H groups in total. The molecule has 3 aromatic rings. The second-order valence-corrected chi connectivity index (χ2v) is 8.83. The molecule has 0 bridgehead atoms. The number of pyridine rings is 1. The number of anilines is 1. The van der Waals surface area contributed by atoms with E-state index in [1.54, 1.807) is 19.4 Å². The molecule has 0 saturated heterocycles. The second kappa shape index (κ2) is 9.35. The van der Waals surface area contributed by atoms with Gasteiger partial charge in [-0.05, 0) is 83.4 Å². The number of hydrazine groups is 1. The van der Waals surface area contributed by atoms with Crippen molar-refractivity contribution in [3.05, 3.63) is 94.3 Å². The van der Waals surface area contributed by atoms with Crippen LogP contribution in [0, 0.1) is 12.8 Å². The largest absolute Gasteiger partial charge is 0.495 e. The molecule has 2 heterocycles. The van der Waals surface area contributed by atoms with Crippen molar-refractivity contribution < 1.29 is 19.0 Å². The summed E-state index contributed by atoms with van der Waals surface area (Å²) >= 11 is 0. The number of allylic oxidation sites excluding steroid dienone is 1. The quantitative estimate of drug-likeness (QED) is 0.300. The van der Waals surface area contributed by atoms with Crippen LogP contribution in [0.3, 0.4) is 0 Å². The maximum Gasteiger partial charge on any atom is 0.328 e. The number of methoxy groups -OCH3 is 1. The first kappa shape index (κ1) is 22.8. The third-order valence-electron chi connectivity index (χ3n) is 6.36. The molecule has 0 spiro atoms. The summed E-state index contributed by atoms with van der Waals surface area (Å²) in [5.74, 6) is 0.0576. The van der Waals surface area contributed by atoms with E-state index in [2.05, 4.69) is 10.9 Å².